The number of nitriles is 1. The molecule has 2 aromatic rings. The topological polar surface area (TPSA) is 89.1 Å². The van der Waals surface area contributed by atoms with Gasteiger partial charge in [0.2, 0.25) is 0 Å². The summed E-state index contributed by atoms with van der Waals surface area (Å²) in [6.07, 6.45) is 0.662. The number of hydrogen-bond acceptors (Lipinski definition) is 5. The maximum atomic E-state index is 12.0. The number of hydrogen-bond donors (Lipinski definition) is 1. The van der Waals surface area contributed by atoms with E-state index in [0.29, 0.717) is 19.6 Å². The van der Waals surface area contributed by atoms with Gasteiger partial charge in [0, 0.05) is 27.2 Å². The molecule has 132 valence electrons. The number of aromatic nitrogens is 2. The maximum absolute atomic E-state index is 12.0. The summed E-state index contributed by atoms with van der Waals surface area (Å²) in [5.41, 5.74) is -0.0261. The molecule has 0 radical (unpaired) electrons. The van der Waals surface area contributed by atoms with Crippen LogP contribution in [0.25, 0.3) is 0 Å². The molecule has 0 bridgehead atoms. The van der Waals surface area contributed by atoms with Crippen LogP contribution >= 0.6 is 0 Å². The van der Waals surface area contributed by atoms with Gasteiger partial charge < -0.3 is 10.1 Å². The first-order valence-electron chi connectivity index (χ1n) is 8.08. The van der Waals surface area contributed by atoms with E-state index >= 15 is 0 Å². The molecule has 7 heteroatoms. The fraction of sp³-hybridized carbons (Fsp3) is 0.389. The molecule has 0 unspecified atom stereocenters. The minimum absolute atomic E-state index is 0.00996. The van der Waals surface area contributed by atoms with Gasteiger partial charge in [0.25, 0.3) is 5.56 Å². The van der Waals surface area contributed by atoms with Gasteiger partial charge in [0.15, 0.2) is 5.56 Å². The first kappa shape index (κ1) is 18.5. The molecule has 0 fully saturated rings. The third-order valence-corrected chi connectivity index (χ3v) is 4.03. The van der Waals surface area contributed by atoms with Crippen molar-refractivity contribution in [1.82, 2.24) is 9.13 Å². The largest absolute Gasteiger partial charge is 0.374 e. The summed E-state index contributed by atoms with van der Waals surface area (Å²) in [4.78, 5) is 24.0. The highest BCUT2D eigenvalue weighted by Crippen LogP contribution is 2.16. The van der Waals surface area contributed by atoms with E-state index in [4.69, 9.17) is 4.74 Å². The predicted molar refractivity (Wildman–Crippen MR) is 95.6 cm³/mol. The Morgan fingerprint density at radius 1 is 1.20 bits per heavy atom. The smallest absolute Gasteiger partial charge is 0.332 e. The summed E-state index contributed by atoms with van der Waals surface area (Å²) in [6, 6.07) is 11.8. The Hall–Kier alpha value is -2.85. The molecule has 2 rings (SSSR count). The Bertz CT molecular complexity index is 878. The summed E-state index contributed by atoms with van der Waals surface area (Å²) in [5.74, 6) is 0.242. The Morgan fingerprint density at radius 2 is 1.88 bits per heavy atom. The highest BCUT2D eigenvalue weighted by Gasteiger charge is 2.14. The van der Waals surface area contributed by atoms with Crippen molar-refractivity contribution in [3.05, 3.63) is 62.3 Å². The van der Waals surface area contributed by atoms with Gasteiger partial charge in [-0.3, -0.25) is 13.9 Å². The number of nitrogens with zero attached hydrogens (tertiary/aromatic N) is 3. The monoisotopic (exact) mass is 342 g/mol. The molecular formula is C18H22N4O3. The summed E-state index contributed by atoms with van der Waals surface area (Å²) < 4.78 is 7.98. The third kappa shape index (κ3) is 4.17. The Balaban J connectivity index is 1.94. The van der Waals surface area contributed by atoms with E-state index in [9.17, 15) is 14.9 Å². The average molecular weight is 342 g/mol. The van der Waals surface area contributed by atoms with Gasteiger partial charge in [-0.15, -0.1) is 0 Å². The Morgan fingerprint density at radius 3 is 2.52 bits per heavy atom. The molecule has 1 N–H and O–H groups in total. The van der Waals surface area contributed by atoms with Crippen molar-refractivity contribution < 1.29 is 4.74 Å². The molecule has 0 aliphatic rings. The number of benzene rings is 1. The van der Waals surface area contributed by atoms with E-state index in [1.54, 1.807) is 0 Å². The zero-order valence-corrected chi connectivity index (χ0v) is 14.7. The Labute approximate surface area is 146 Å². The van der Waals surface area contributed by atoms with Crippen molar-refractivity contribution in [2.75, 3.05) is 18.5 Å². The predicted octanol–water partition coefficient (Wildman–Crippen LogP) is 1.54. The first-order chi connectivity index (χ1) is 12.0. The molecule has 1 aromatic heterocycles. The molecule has 1 heterocycles. The summed E-state index contributed by atoms with van der Waals surface area (Å²) >= 11 is 0. The fourth-order valence-electron chi connectivity index (χ4n) is 2.51. The SMILES string of the molecule is C[C@@H](OCCCNc1c(C#N)c(=O)n(C)c(=O)n1C)c1ccccc1. The second-order valence-electron chi connectivity index (χ2n) is 5.75. The number of nitrogens with one attached hydrogen (secondary N) is 1. The molecule has 1 aromatic carbocycles. The number of ether oxygens (including phenoxy) is 1. The van der Waals surface area contributed by atoms with Crippen LogP contribution in [0.5, 0.6) is 0 Å². The van der Waals surface area contributed by atoms with Crippen molar-refractivity contribution in [2.45, 2.75) is 19.4 Å². The lowest BCUT2D eigenvalue weighted by Crippen LogP contribution is -2.40. The van der Waals surface area contributed by atoms with E-state index in [-0.39, 0.29) is 17.5 Å². The van der Waals surface area contributed by atoms with Gasteiger partial charge in [-0.2, -0.15) is 5.26 Å². The third-order valence-electron chi connectivity index (χ3n) is 4.03. The molecule has 0 saturated heterocycles. The molecule has 0 amide bonds. The minimum Gasteiger partial charge on any atom is -0.374 e. The van der Waals surface area contributed by atoms with Crippen molar-refractivity contribution >= 4 is 5.82 Å². The first-order valence-corrected chi connectivity index (χ1v) is 8.08. The van der Waals surface area contributed by atoms with Crippen LogP contribution in [0.15, 0.2) is 39.9 Å². The van der Waals surface area contributed by atoms with Crippen LogP contribution in [0.4, 0.5) is 5.82 Å². The molecule has 1 atom stereocenters. The van der Waals surface area contributed by atoms with E-state index in [0.717, 1.165) is 10.1 Å². The van der Waals surface area contributed by atoms with Gasteiger partial charge in [-0.25, -0.2) is 4.79 Å². The van der Waals surface area contributed by atoms with Crippen molar-refractivity contribution in [3.63, 3.8) is 0 Å². The molecule has 0 spiro atoms. The van der Waals surface area contributed by atoms with E-state index in [1.807, 2.05) is 43.3 Å². The zero-order valence-electron chi connectivity index (χ0n) is 14.7. The maximum Gasteiger partial charge on any atom is 0.332 e. The molecular weight excluding hydrogens is 320 g/mol. The van der Waals surface area contributed by atoms with Gasteiger partial charge in [-0.1, -0.05) is 30.3 Å². The van der Waals surface area contributed by atoms with E-state index < -0.39 is 11.2 Å². The quantitative estimate of drug-likeness (QED) is 0.771. The minimum atomic E-state index is -0.595. The number of rotatable bonds is 7. The van der Waals surface area contributed by atoms with Crippen LogP contribution in [-0.2, 0) is 18.8 Å². The second-order valence-corrected chi connectivity index (χ2v) is 5.75. The van der Waals surface area contributed by atoms with Crippen molar-refractivity contribution in [3.8, 4) is 6.07 Å². The highest BCUT2D eigenvalue weighted by atomic mass is 16.5. The molecule has 7 nitrogen and oxygen atoms in total. The molecule has 25 heavy (non-hydrogen) atoms. The zero-order chi connectivity index (χ0) is 18.4. The van der Waals surface area contributed by atoms with Crippen LogP contribution < -0.4 is 16.6 Å². The van der Waals surface area contributed by atoms with E-state index in [1.165, 1.54) is 18.7 Å². The molecule has 0 aliphatic heterocycles. The molecule has 0 aliphatic carbocycles. The lowest BCUT2D eigenvalue weighted by atomic mass is 10.1. The van der Waals surface area contributed by atoms with Crippen molar-refractivity contribution in [2.24, 2.45) is 14.1 Å². The van der Waals surface area contributed by atoms with Gasteiger partial charge >= 0.3 is 5.69 Å². The van der Waals surface area contributed by atoms with Crippen LogP contribution in [0.3, 0.4) is 0 Å². The van der Waals surface area contributed by atoms with Gasteiger partial charge in [0.05, 0.1) is 6.10 Å². The normalized spacial score (nSPS) is 11.8. The number of anilines is 1. The molecule has 0 saturated carbocycles. The van der Waals surface area contributed by atoms with Crippen LogP contribution in [0.1, 0.15) is 30.6 Å². The van der Waals surface area contributed by atoms with Crippen molar-refractivity contribution in [1.29, 1.82) is 5.26 Å². The average Bonchev–Trinajstić information content (AvgIpc) is 2.64. The van der Waals surface area contributed by atoms with Crippen LogP contribution in [-0.4, -0.2) is 22.3 Å². The lowest BCUT2D eigenvalue weighted by Gasteiger charge is -2.15. The second kappa shape index (κ2) is 8.31. The highest BCUT2D eigenvalue weighted by molar-refractivity contribution is 5.51. The summed E-state index contributed by atoms with van der Waals surface area (Å²) in [6.45, 7) is 2.99. The lowest BCUT2D eigenvalue weighted by molar-refractivity contribution is 0.0656. The summed E-state index contributed by atoms with van der Waals surface area (Å²) in [5, 5.41) is 12.2. The van der Waals surface area contributed by atoms with Crippen LogP contribution in [0.2, 0.25) is 0 Å². The standard InChI is InChI=1S/C18H22N4O3/c1-13(14-8-5-4-6-9-14)25-11-7-10-20-16-15(12-19)17(23)22(3)18(24)21(16)2/h4-6,8-9,13,20H,7,10-11H2,1-3H3/t13-/m1/s1. The van der Waals surface area contributed by atoms with Crippen LogP contribution in [0, 0.1) is 11.3 Å². The fourth-order valence-corrected chi connectivity index (χ4v) is 2.51. The van der Waals surface area contributed by atoms with Gasteiger partial charge in [-0.05, 0) is 18.9 Å². The summed E-state index contributed by atoms with van der Waals surface area (Å²) in [7, 11) is 2.88. The van der Waals surface area contributed by atoms with E-state index in [2.05, 4.69) is 5.32 Å². The van der Waals surface area contributed by atoms with Gasteiger partial charge in [0.1, 0.15) is 11.9 Å². The Kier molecular flexibility index (Phi) is 6.14.